The van der Waals surface area contributed by atoms with Crippen LogP contribution in [0, 0.1) is 20.8 Å². The number of aliphatic hydroxyl groups is 1. The van der Waals surface area contributed by atoms with E-state index in [0.717, 1.165) is 28.7 Å². The lowest BCUT2D eigenvalue weighted by atomic mass is 9.99. The van der Waals surface area contributed by atoms with Gasteiger partial charge in [-0.2, -0.15) is 0 Å². The number of amides is 1. The van der Waals surface area contributed by atoms with Gasteiger partial charge in [-0.1, -0.05) is 24.6 Å². The molecule has 0 aromatic heterocycles. The highest BCUT2D eigenvalue weighted by atomic mass is 16.3. The monoisotopic (exact) mass is 235 g/mol. The Labute approximate surface area is 103 Å². The molecular weight excluding hydrogens is 214 g/mol. The number of hydrogen-bond acceptors (Lipinski definition) is 2. The van der Waals surface area contributed by atoms with Crippen LogP contribution in [-0.4, -0.2) is 23.7 Å². The summed E-state index contributed by atoms with van der Waals surface area (Å²) in [6, 6.07) is 3.84. The first-order chi connectivity index (χ1) is 7.99. The number of rotatable bonds is 4. The number of benzene rings is 1. The van der Waals surface area contributed by atoms with Crippen molar-refractivity contribution in [2.75, 3.05) is 6.61 Å². The topological polar surface area (TPSA) is 49.3 Å². The van der Waals surface area contributed by atoms with E-state index in [0.29, 0.717) is 0 Å². The van der Waals surface area contributed by atoms with E-state index in [2.05, 4.69) is 5.32 Å². The molecule has 3 heteroatoms. The van der Waals surface area contributed by atoms with E-state index >= 15 is 0 Å². The summed E-state index contributed by atoms with van der Waals surface area (Å²) in [5, 5.41) is 11.9. The van der Waals surface area contributed by atoms with Crippen molar-refractivity contribution in [1.82, 2.24) is 5.32 Å². The Balaban J connectivity index is 2.96. The lowest BCUT2D eigenvalue weighted by molar-refractivity contribution is 0.0913. The Morgan fingerprint density at radius 2 is 1.82 bits per heavy atom. The highest BCUT2D eigenvalue weighted by Crippen LogP contribution is 2.16. The molecule has 0 aliphatic rings. The van der Waals surface area contributed by atoms with E-state index in [-0.39, 0.29) is 18.6 Å². The second kappa shape index (κ2) is 5.82. The molecule has 0 bridgehead atoms. The number of hydrogen-bond donors (Lipinski definition) is 2. The molecule has 0 spiro atoms. The average molecular weight is 235 g/mol. The Morgan fingerprint density at radius 1 is 1.29 bits per heavy atom. The quantitative estimate of drug-likeness (QED) is 0.839. The largest absolute Gasteiger partial charge is 0.394 e. The van der Waals surface area contributed by atoms with Crippen LogP contribution < -0.4 is 5.32 Å². The molecule has 0 aliphatic carbocycles. The molecule has 0 fully saturated rings. The zero-order valence-electron chi connectivity index (χ0n) is 11.0. The summed E-state index contributed by atoms with van der Waals surface area (Å²) in [6.45, 7) is 7.82. The van der Waals surface area contributed by atoms with E-state index in [4.69, 9.17) is 5.11 Å². The van der Waals surface area contributed by atoms with Gasteiger partial charge >= 0.3 is 0 Å². The fourth-order valence-electron chi connectivity index (χ4n) is 2.07. The van der Waals surface area contributed by atoms with Crippen LogP contribution in [0.15, 0.2) is 12.1 Å². The zero-order chi connectivity index (χ0) is 13.0. The smallest absolute Gasteiger partial charge is 0.252 e. The molecule has 0 saturated heterocycles. The van der Waals surface area contributed by atoms with E-state index in [9.17, 15) is 4.79 Å². The Bertz CT molecular complexity index is 386. The molecule has 17 heavy (non-hydrogen) atoms. The van der Waals surface area contributed by atoms with Crippen LogP contribution in [-0.2, 0) is 0 Å². The van der Waals surface area contributed by atoms with Gasteiger partial charge in [0.15, 0.2) is 0 Å². The van der Waals surface area contributed by atoms with Gasteiger partial charge in [0.2, 0.25) is 0 Å². The van der Waals surface area contributed by atoms with Gasteiger partial charge in [0.25, 0.3) is 5.91 Å². The van der Waals surface area contributed by atoms with Crippen molar-refractivity contribution in [2.45, 2.75) is 40.2 Å². The SMILES string of the molecule is CC[C@H](CO)NC(=O)c1c(C)cc(C)cc1C. The molecule has 0 unspecified atom stereocenters. The zero-order valence-corrected chi connectivity index (χ0v) is 11.0. The Hall–Kier alpha value is -1.35. The minimum absolute atomic E-state index is 0.0216. The maximum Gasteiger partial charge on any atom is 0.252 e. The van der Waals surface area contributed by atoms with Crippen LogP contribution in [0.4, 0.5) is 0 Å². The predicted octanol–water partition coefficient (Wildman–Crippen LogP) is 2.11. The van der Waals surface area contributed by atoms with Gasteiger partial charge in [0.05, 0.1) is 12.6 Å². The molecule has 0 heterocycles. The van der Waals surface area contributed by atoms with Crippen molar-refractivity contribution in [3.8, 4) is 0 Å². The molecule has 1 aromatic rings. The number of aryl methyl sites for hydroxylation is 3. The second-order valence-electron chi connectivity index (χ2n) is 4.53. The number of carbonyl (C=O) groups excluding carboxylic acids is 1. The highest BCUT2D eigenvalue weighted by Gasteiger charge is 2.15. The highest BCUT2D eigenvalue weighted by molar-refractivity contribution is 5.97. The summed E-state index contributed by atoms with van der Waals surface area (Å²) in [5.41, 5.74) is 3.84. The third kappa shape index (κ3) is 3.30. The van der Waals surface area contributed by atoms with Crippen LogP contribution in [0.2, 0.25) is 0 Å². The van der Waals surface area contributed by atoms with Crippen molar-refractivity contribution >= 4 is 5.91 Å². The minimum atomic E-state index is -0.164. The summed E-state index contributed by atoms with van der Waals surface area (Å²) < 4.78 is 0. The fraction of sp³-hybridized carbons (Fsp3) is 0.500. The van der Waals surface area contributed by atoms with Gasteiger partial charge in [-0.05, 0) is 38.3 Å². The van der Waals surface area contributed by atoms with Gasteiger partial charge in [0, 0.05) is 5.56 Å². The molecular formula is C14H21NO2. The molecule has 0 saturated carbocycles. The normalized spacial score (nSPS) is 12.3. The van der Waals surface area contributed by atoms with Crippen molar-refractivity contribution in [1.29, 1.82) is 0 Å². The van der Waals surface area contributed by atoms with E-state index in [1.54, 1.807) is 0 Å². The lowest BCUT2D eigenvalue weighted by Crippen LogP contribution is -2.37. The van der Waals surface area contributed by atoms with Crippen LogP contribution in [0.3, 0.4) is 0 Å². The number of carbonyl (C=O) groups is 1. The van der Waals surface area contributed by atoms with Crippen LogP contribution in [0.5, 0.6) is 0 Å². The van der Waals surface area contributed by atoms with Gasteiger partial charge < -0.3 is 10.4 Å². The molecule has 3 nitrogen and oxygen atoms in total. The average Bonchev–Trinajstić information content (AvgIpc) is 2.24. The third-order valence-corrected chi connectivity index (χ3v) is 2.95. The number of nitrogens with one attached hydrogen (secondary N) is 1. The van der Waals surface area contributed by atoms with Gasteiger partial charge in [0.1, 0.15) is 0 Å². The predicted molar refractivity (Wildman–Crippen MR) is 69.3 cm³/mol. The Kier molecular flexibility index (Phi) is 4.70. The van der Waals surface area contributed by atoms with Gasteiger partial charge in [-0.3, -0.25) is 4.79 Å². The Morgan fingerprint density at radius 3 is 2.24 bits per heavy atom. The summed E-state index contributed by atoms with van der Waals surface area (Å²) in [4.78, 5) is 12.1. The summed E-state index contributed by atoms with van der Waals surface area (Å²) in [7, 11) is 0. The standard InChI is InChI=1S/C14H21NO2/c1-5-12(8-16)15-14(17)13-10(3)6-9(2)7-11(13)4/h6-7,12,16H,5,8H2,1-4H3,(H,15,17)/t12-/m1/s1. The van der Waals surface area contributed by atoms with Crippen LogP contribution in [0.25, 0.3) is 0 Å². The minimum Gasteiger partial charge on any atom is -0.394 e. The number of aliphatic hydroxyl groups excluding tert-OH is 1. The van der Waals surface area contributed by atoms with Crippen LogP contribution >= 0.6 is 0 Å². The van der Waals surface area contributed by atoms with E-state index in [1.165, 1.54) is 0 Å². The van der Waals surface area contributed by atoms with Gasteiger partial charge in [-0.25, -0.2) is 0 Å². The molecule has 2 N–H and O–H groups in total. The van der Waals surface area contributed by atoms with E-state index in [1.807, 2.05) is 39.8 Å². The molecule has 1 rings (SSSR count). The van der Waals surface area contributed by atoms with Crippen LogP contribution in [0.1, 0.15) is 40.4 Å². The molecule has 94 valence electrons. The van der Waals surface area contributed by atoms with E-state index < -0.39 is 0 Å². The van der Waals surface area contributed by atoms with Crippen molar-refractivity contribution in [3.63, 3.8) is 0 Å². The molecule has 0 radical (unpaired) electrons. The first kappa shape index (κ1) is 13.7. The van der Waals surface area contributed by atoms with Gasteiger partial charge in [-0.15, -0.1) is 0 Å². The summed E-state index contributed by atoms with van der Waals surface area (Å²) in [6.07, 6.45) is 0.728. The van der Waals surface area contributed by atoms with Crippen molar-refractivity contribution < 1.29 is 9.90 Å². The molecule has 0 aliphatic heterocycles. The first-order valence-corrected chi connectivity index (χ1v) is 5.99. The van der Waals surface area contributed by atoms with Crippen molar-refractivity contribution in [3.05, 3.63) is 34.4 Å². The lowest BCUT2D eigenvalue weighted by Gasteiger charge is -2.16. The third-order valence-electron chi connectivity index (χ3n) is 2.95. The molecule has 1 amide bonds. The fourth-order valence-corrected chi connectivity index (χ4v) is 2.07. The summed E-state index contributed by atoms with van der Waals surface area (Å²) >= 11 is 0. The maximum atomic E-state index is 12.1. The first-order valence-electron chi connectivity index (χ1n) is 5.99. The molecule has 1 atom stereocenters. The molecule has 1 aromatic carbocycles. The second-order valence-corrected chi connectivity index (χ2v) is 4.53. The van der Waals surface area contributed by atoms with Crippen molar-refractivity contribution in [2.24, 2.45) is 0 Å². The summed E-state index contributed by atoms with van der Waals surface area (Å²) in [5.74, 6) is -0.0964. The maximum absolute atomic E-state index is 12.1.